The molecule has 0 bridgehead atoms. The summed E-state index contributed by atoms with van der Waals surface area (Å²) >= 11 is 0. The van der Waals surface area contributed by atoms with Gasteiger partial charge in [-0.05, 0) is 74.9 Å². The molecular weight excluding hydrogens is 660 g/mol. The minimum atomic E-state index is -0.198. The molecular formula is C39H34N8O5. The number of aromatic nitrogens is 6. The van der Waals surface area contributed by atoms with Crippen molar-refractivity contribution in [2.75, 3.05) is 25.0 Å². The molecule has 1 fully saturated rings. The predicted molar refractivity (Wildman–Crippen MR) is 192 cm³/mol. The Labute approximate surface area is 298 Å². The Bertz CT molecular complexity index is 2410. The maximum absolute atomic E-state index is 13.9. The van der Waals surface area contributed by atoms with Crippen LogP contribution >= 0.6 is 0 Å². The molecule has 1 N–H and O–H groups in total. The summed E-state index contributed by atoms with van der Waals surface area (Å²) < 4.78 is 18.6. The van der Waals surface area contributed by atoms with Crippen molar-refractivity contribution >= 4 is 28.6 Å². The van der Waals surface area contributed by atoms with E-state index in [4.69, 9.17) is 13.7 Å². The number of nitrogens with one attached hydrogen (secondary N) is 1. The summed E-state index contributed by atoms with van der Waals surface area (Å²) in [6.07, 6.45) is 3.23. The van der Waals surface area contributed by atoms with Crippen LogP contribution in [-0.4, -0.2) is 66.5 Å². The fourth-order valence-electron chi connectivity index (χ4n) is 6.42. The van der Waals surface area contributed by atoms with E-state index in [-0.39, 0.29) is 17.7 Å². The summed E-state index contributed by atoms with van der Waals surface area (Å²) in [4.78, 5) is 37.9. The molecule has 0 saturated carbocycles. The van der Waals surface area contributed by atoms with E-state index < -0.39 is 0 Å². The first-order chi connectivity index (χ1) is 25.3. The van der Waals surface area contributed by atoms with Crippen LogP contribution in [0, 0.1) is 13.8 Å². The minimum Gasteiger partial charge on any atom is -0.494 e. The number of hydrogen-bond acceptors (Lipinski definition) is 10. The lowest BCUT2D eigenvalue weighted by Crippen LogP contribution is -2.48. The van der Waals surface area contributed by atoms with Crippen molar-refractivity contribution in [2.45, 2.75) is 33.2 Å². The Hall–Kier alpha value is -6.63. The van der Waals surface area contributed by atoms with Crippen LogP contribution in [0.25, 0.3) is 33.6 Å². The van der Waals surface area contributed by atoms with Crippen LogP contribution in [0.1, 0.15) is 56.3 Å². The molecule has 4 aromatic heterocycles. The monoisotopic (exact) mass is 694 g/mol. The number of benzene rings is 3. The molecule has 0 spiro atoms. The molecule has 260 valence electrons. The quantitative estimate of drug-likeness (QED) is 0.164. The summed E-state index contributed by atoms with van der Waals surface area (Å²) in [5, 5.41) is 16.3. The number of aryl methyl sites for hydroxylation is 2. The number of amides is 2. The van der Waals surface area contributed by atoms with E-state index in [1.54, 1.807) is 22.6 Å². The number of rotatable bonds is 10. The first-order valence-electron chi connectivity index (χ1n) is 16.9. The standard InChI is InChI=1S/C39H34N8O5/c1-4-50-29-14-12-25(13-15-29)32-17-31(35-24(3)44-52-38(35)42-32)39(49)46-18-27(19-46)36-34(40-22-51-36)21-47-20-33(43-45-47)26-11-10-23(2)30(16-26)37(48)41-28-8-6-5-7-9-28/h5-17,20,22,27H,4,18-19,21H2,1-3H3,(H,41,48). The molecule has 0 aliphatic carbocycles. The molecule has 2 amide bonds. The fraction of sp³-hybridized carbons (Fsp3) is 0.205. The highest BCUT2D eigenvalue weighted by Crippen LogP contribution is 2.34. The number of fused-ring (bicyclic) bond motifs is 1. The van der Waals surface area contributed by atoms with Crippen LogP contribution in [0.5, 0.6) is 5.75 Å². The zero-order chi connectivity index (χ0) is 35.8. The molecule has 5 heterocycles. The van der Waals surface area contributed by atoms with E-state index in [9.17, 15) is 9.59 Å². The summed E-state index contributed by atoms with van der Waals surface area (Å²) in [6, 6.07) is 24.3. The molecule has 3 aromatic carbocycles. The van der Waals surface area contributed by atoms with E-state index >= 15 is 0 Å². The Balaban J connectivity index is 0.959. The Morgan fingerprint density at radius 2 is 1.73 bits per heavy atom. The SMILES string of the molecule is CCOc1ccc(-c2cc(C(=O)N3CC(c4ocnc4Cn4cc(-c5ccc(C)c(C(=O)Nc6ccccc6)c5)nn4)C3)c3c(C)noc3n2)cc1. The van der Waals surface area contributed by atoms with Gasteiger partial charge < -0.3 is 23.9 Å². The van der Waals surface area contributed by atoms with Crippen LogP contribution in [0.3, 0.4) is 0 Å². The van der Waals surface area contributed by atoms with E-state index in [1.165, 1.54) is 6.39 Å². The van der Waals surface area contributed by atoms with Gasteiger partial charge in [0.1, 0.15) is 22.9 Å². The van der Waals surface area contributed by atoms with Gasteiger partial charge in [-0.25, -0.2) is 14.6 Å². The van der Waals surface area contributed by atoms with Crippen molar-refractivity contribution in [1.82, 2.24) is 35.0 Å². The lowest BCUT2D eigenvalue weighted by Gasteiger charge is -2.38. The number of carbonyl (C=O) groups is 2. The topological polar surface area (TPSA) is 154 Å². The molecule has 0 radical (unpaired) electrons. The second-order valence-corrected chi connectivity index (χ2v) is 12.7. The van der Waals surface area contributed by atoms with Gasteiger partial charge in [0.2, 0.25) is 0 Å². The summed E-state index contributed by atoms with van der Waals surface area (Å²) in [6.45, 7) is 7.43. The number of ether oxygens (including phenoxy) is 1. The molecule has 13 heteroatoms. The highest BCUT2D eigenvalue weighted by Gasteiger charge is 2.37. The molecule has 1 aliphatic rings. The first kappa shape index (κ1) is 32.6. The van der Waals surface area contributed by atoms with Gasteiger partial charge >= 0.3 is 0 Å². The van der Waals surface area contributed by atoms with Crippen molar-refractivity contribution < 1.29 is 23.3 Å². The van der Waals surface area contributed by atoms with Crippen LogP contribution in [0.4, 0.5) is 5.69 Å². The molecule has 8 rings (SSSR count). The molecule has 0 atom stereocenters. The predicted octanol–water partition coefficient (Wildman–Crippen LogP) is 6.69. The number of oxazole rings is 1. The largest absolute Gasteiger partial charge is 0.494 e. The van der Waals surface area contributed by atoms with E-state index in [0.29, 0.717) is 77.0 Å². The molecule has 1 aliphatic heterocycles. The third kappa shape index (κ3) is 6.28. The van der Waals surface area contributed by atoms with Crippen molar-refractivity contribution in [2.24, 2.45) is 0 Å². The third-order valence-electron chi connectivity index (χ3n) is 9.18. The third-order valence-corrected chi connectivity index (χ3v) is 9.18. The Morgan fingerprint density at radius 1 is 0.942 bits per heavy atom. The number of nitrogens with zero attached hydrogens (tertiary/aromatic N) is 7. The fourth-order valence-corrected chi connectivity index (χ4v) is 6.42. The van der Waals surface area contributed by atoms with E-state index in [1.807, 2.05) is 92.8 Å². The van der Waals surface area contributed by atoms with Crippen LogP contribution in [-0.2, 0) is 6.54 Å². The van der Waals surface area contributed by atoms with Gasteiger partial charge in [0.05, 0.1) is 47.6 Å². The number of hydrogen-bond donors (Lipinski definition) is 1. The number of carbonyl (C=O) groups excluding carboxylic acids is 2. The number of pyridine rings is 1. The smallest absolute Gasteiger partial charge is 0.259 e. The molecule has 13 nitrogen and oxygen atoms in total. The zero-order valence-electron chi connectivity index (χ0n) is 28.7. The molecule has 1 saturated heterocycles. The Morgan fingerprint density at radius 3 is 2.52 bits per heavy atom. The first-order valence-corrected chi connectivity index (χ1v) is 16.9. The Kier molecular flexibility index (Phi) is 8.51. The molecule has 52 heavy (non-hydrogen) atoms. The average molecular weight is 695 g/mol. The van der Waals surface area contributed by atoms with Gasteiger partial charge in [-0.3, -0.25) is 9.59 Å². The second-order valence-electron chi connectivity index (χ2n) is 12.7. The molecule has 0 unspecified atom stereocenters. The minimum absolute atomic E-state index is 0.0429. The van der Waals surface area contributed by atoms with Gasteiger partial charge in [0.25, 0.3) is 17.5 Å². The lowest BCUT2D eigenvalue weighted by atomic mass is 9.94. The van der Waals surface area contributed by atoms with Gasteiger partial charge in [0, 0.05) is 35.5 Å². The van der Waals surface area contributed by atoms with Crippen molar-refractivity contribution in [3.8, 4) is 28.3 Å². The van der Waals surface area contributed by atoms with Gasteiger partial charge in [-0.2, -0.15) is 0 Å². The van der Waals surface area contributed by atoms with Crippen molar-refractivity contribution in [3.63, 3.8) is 0 Å². The van der Waals surface area contributed by atoms with Crippen molar-refractivity contribution in [1.29, 1.82) is 0 Å². The highest BCUT2D eigenvalue weighted by molar-refractivity contribution is 6.07. The number of likely N-dealkylation sites (tertiary alicyclic amines) is 1. The van der Waals surface area contributed by atoms with Crippen LogP contribution in [0.2, 0.25) is 0 Å². The van der Waals surface area contributed by atoms with Gasteiger partial charge in [-0.15, -0.1) is 5.10 Å². The zero-order valence-corrected chi connectivity index (χ0v) is 28.7. The summed E-state index contributed by atoms with van der Waals surface area (Å²) in [5.41, 5.74) is 7.05. The van der Waals surface area contributed by atoms with Crippen LogP contribution in [0.15, 0.2) is 100 Å². The lowest BCUT2D eigenvalue weighted by molar-refractivity contribution is 0.0582. The van der Waals surface area contributed by atoms with Gasteiger partial charge in [0.15, 0.2) is 6.39 Å². The maximum Gasteiger partial charge on any atom is 0.259 e. The van der Waals surface area contributed by atoms with Gasteiger partial charge in [-0.1, -0.05) is 40.7 Å². The van der Waals surface area contributed by atoms with E-state index in [2.05, 4.69) is 30.8 Å². The molecule has 7 aromatic rings. The van der Waals surface area contributed by atoms with Crippen molar-refractivity contribution in [3.05, 3.63) is 125 Å². The maximum atomic E-state index is 13.9. The number of para-hydroxylation sites is 1. The van der Waals surface area contributed by atoms with E-state index in [0.717, 1.165) is 28.1 Å². The summed E-state index contributed by atoms with van der Waals surface area (Å²) in [5.74, 6) is 1.08. The summed E-state index contributed by atoms with van der Waals surface area (Å²) in [7, 11) is 0. The number of anilines is 1. The second kappa shape index (κ2) is 13.6. The average Bonchev–Trinajstić information content (AvgIpc) is 3.89. The highest BCUT2D eigenvalue weighted by atomic mass is 16.5. The normalized spacial score (nSPS) is 12.9. The van der Waals surface area contributed by atoms with Crippen LogP contribution < -0.4 is 10.1 Å².